The standard InChI is InChI=1S/C14H21NO2/c1-11-6-8-15(9-7-11)10-14(17)12-2-4-13(16)5-3-12/h2-5,11,14,16-17H,6-10H2,1H3. The molecule has 0 amide bonds. The number of aliphatic hydroxyl groups is 1. The summed E-state index contributed by atoms with van der Waals surface area (Å²) < 4.78 is 0. The Morgan fingerprint density at radius 3 is 2.41 bits per heavy atom. The Morgan fingerprint density at radius 2 is 1.82 bits per heavy atom. The second-order valence-corrected chi connectivity index (χ2v) is 5.09. The summed E-state index contributed by atoms with van der Waals surface area (Å²) in [6.45, 7) is 5.14. The Balaban J connectivity index is 1.88. The van der Waals surface area contributed by atoms with Crippen molar-refractivity contribution in [1.29, 1.82) is 0 Å². The Morgan fingerprint density at radius 1 is 1.24 bits per heavy atom. The molecule has 1 aromatic rings. The SMILES string of the molecule is CC1CCN(CC(O)c2ccc(O)cc2)CC1. The van der Waals surface area contributed by atoms with Crippen LogP contribution in [0.3, 0.4) is 0 Å². The maximum absolute atomic E-state index is 10.1. The molecular weight excluding hydrogens is 214 g/mol. The molecule has 1 saturated heterocycles. The van der Waals surface area contributed by atoms with Gasteiger partial charge < -0.3 is 15.1 Å². The summed E-state index contributed by atoms with van der Waals surface area (Å²) in [5, 5.41) is 19.3. The van der Waals surface area contributed by atoms with E-state index >= 15 is 0 Å². The minimum atomic E-state index is -0.455. The maximum Gasteiger partial charge on any atom is 0.115 e. The number of phenolic OH excluding ortho intramolecular Hbond substituents is 1. The molecule has 0 aliphatic carbocycles. The fraction of sp³-hybridized carbons (Fsp3) is 0.571. The number of benzene rings is 1. The monoisotopic (exact) mass is 235 g/mol. The van der Waals surface area contributed by atoms with Gasteiger partial charge in [0.05, 0.1) is 6.10 Å². The summed E-state index contributed by atoms with van der Waals surface area (Å²) in [7, 11) is 0. The van der Waals surface area contributed by atoms with Gasteiger partial charge in [-0.15, -0.1) is 0 Å². The summed E-state index contributed by atoms with van der Waals surface area (Å²) in [4.78, 5) is 2.32. The molecular formula is C14H21NO2. The highest BCUT2D eigenvalue weighted by atomic mass is 16.3. The minimum absolute atomic E-state index is 0.243. The van der Waals surface area contributed by atoms with E-state index in [0.717, 1.165) is 24.6 Å². The number of likely N-dealkylation sites (tertiary alicyclic amines) is 1. The van der Waals surface area contributed by atoms with Gasteiger partial charge in [-0.1, -0.05) is 19.1 Å². The maximum atomic E-state index is 10.1. The first-order valence-corrected chi connectivity index (χ1v) is 6.34. The zero-order valence-electron chi connectivity index (χ0n) is 10.3. The van der Waals surface area contributed by atoms with Crippen LogP contribution in [0.2, 0.25) is 0 Å². The van der Waals surface area contributed by atoms with Crippen LogP contribution in [0.4, 0.5) is 0 Å². The number of β-amino-alcohol motifs (C(OH)–C–C–N with tert-alkyl or cyclic N) is 1. The van der Waals surface area contributed by atoms with E-state index < -0.39 is 6.10 Å². The highest BCUT2D eigenvalue weighted by Crippen LogP contribution is 2.21. The zero-order chi connectivity index (χ0) is 12.3. The molecule has 0 saturated carbocycles. The van der Waals surface area contributed by atoms with Crippen molar-refractivity contribution >= 4 is 0 Å². The molecule has 2 N–H and O–H groups in total. The number of piperidine rings is 1. The van der Waals surface area contributed by atoms with Gasteiger partial charge in [0.25, 0.3) is 0 Å². The van der Waals surface area contributed by atoms with E-state index in [1.807, 2.05) is 0 Å². The van der Waals surface area contributed by atoms with Gasteiger partial charge >= 0.3 is 0 Å². The van der Waals surface area contributed by atoms with Gasteiger partial charge in [-0.05, 0) is 49.5 Å². The van der Waals surface area contributed by atoms with E-state index in [1.54, 1.807) is 24.3 Å². The molecule has 1 atom stereocenters. The average Bonchev–Trinajstić information content (AvgIpc) is 2.33. The van der Waals surface area contributed by atoms with Gasteiger partial charge in [-0.3, -0.25) is 0 Å². The van der Waals surface area contributed by atoms with Gasteiger partial charge in [0.15, 0.2) is 0 Å². The molecule has 1 aliphatic heterocycles. The van der Waals surface area contributed by atoms with Crippen molar-refractivity contribution in [3.05, 3.63) is 29.8 Å². The van der Waals surface area contributed by atoms with Crippen LogP contribution in [0.1, 0.15) is 31.4 Å². The van der Waals surface area contributed by atoms with Gasteiger partial charge in [0.1, 0.15) is 5.75 Å². The Hall–Kier alpha value is -1.06. The Labute approximate surface area is 103 Å². The van der Waals surface area contributed by atoms with Crippen molar-refractivity contribution in [1.82, 2.24) is 4.90 Å². The van der Waals surface area contributed by atoms with Crippen molar-refractivity contribution in [2.75, 3.05) is 19.6 Å². The Bertz CT molecular complexity index is 342. The first-order chi connectivity index (χ1) is 8.15. The summed E-state index contributed by atoms with van der Waals surface area (Å²) in [6.07, 6.45) is 1.99. The lowest BCUT2D eigenvalue weighted by atomic mass is 9.98. The smallest absolute Gasteiger partial charge is 0.115 e. The molecule has 1 aromatic carbocycles. The average molecular weight is 235 g/mol. The fourth-order valence-corrected chi connectivity index (χ4v) is 2.29. The van der Waals surface area contributed by atoms with E-state index in [-0.39, 0.29) is 5.75 Å². The van der Waals surface area contributed by atoms with Crippen molar-refractivity contribution in [2.45, 2.75) is 25.9 Å². The molecule has 94 valence electrons. The predicted molar refractivity (Wildman–Crippen MR) is 67.9 cm³/mol. The third-order valence-electron chi connectivity index (χ3n) is 3.59. The van der Waals surface area contributed by atoms with Crippen LogP contribution < -0.4 is 0 Å². The van der Waals surface area contributed by atoms with Crippen LogP contribution in [0.5, 0.6) is 5.75 Å². The summed E-state index contributed by atoms with van der Waals surface area (Å²) in [5.41, 5.74) is 0.876. The second kappa shape index (κ2) is 5.52. The van der Waals surface area contributed by atoms with Gasteiger partial charge in [-0.25, -0.2) is 0 Å². The number of rotatable bonds is 3. The summed E-state index contributed by atoms with van der Waals surface area (Å²) in [5.74, 6) is 1.06. The lowest BCUT2D eigenvalue weighted by Gasteiger charge is -2.31. The molecule has 1 heterocycles. The highest BCUT2D eigenvalue weighted by Gasteiger charge is 2.18. The quantitative estimate of drug-likeness (QED) is 0.843. The van der Waals surface area contributed by atoms with Crippen molar-refractivity contribution in [2.24, 2.45) is 5.92 Å². The third kappa shape index (κ3) is 3.45. The normalized spacial score (nSPS) is 20.4. The molecule has 0 spiro atoms. The molecule has 1 fully saturated rings. The molecule has 1 unspecified atom stereocenters. The van der Waals surface area contributed by atoms with Crippen LogP contribution in [0, 0.1) is 5.92 Å². The zero-order valence-corrected chi connectivity index (χ0v) is 10.3. The predicted octanol–water partition coefficient (Wildman–Crippen LogP) is 2.16. The number of hydrogen-bond acceptors (Lipinski definition) is 3. The summed E-state index contributed by atoms with van der Waals surface area (Å²) >= 11 is 0. The first-order valence-electron chi connectivity index (χ1n) is 6.34. The fourth-order valence-electron chi connectivity index (χ4n) is 2.29. The summed E-state index contributed by atoms with van der Waals surface area (Å²) in [6, 6.07) is 6.81. The third-order valence-corrected chi connectivity index (χ3v) is 3.59. The van der Waals surface area contributed by atoms with Crippen molar-refractivity contribution in [3.8, 4) is 5.75 Å². The van der Waals surface area contributed by atoms with E-state index in [0.29, 0.717) is 6.54 Å². The van der Waals surface area contributed by atoms with E-state index in [4.69, 9.17) is 0 Å². The second-order valence-electron chi connectivity index (χ2n) is 5.09. The van der Waals surface area contributed by atoms with Gasteiger partial charge in [-0.2, -0.15) is 0 Å². The number of aliphatic hydroxyl groups excluding tert-OH is 1. The molecule has 0 radical (unpaired) electrons. The van der Waals surface area contributed by atoms with Crippen molar-refractivity contribution in [3.63, 3.8) is 0 Å². The molecule has 2 rings (SSSR count). The number of phenols is 1. The van der Waals surface area contributed by atoms with E-state index in [2.05, 4.69) is 11.8 Å². The molecule has 0 aromatic heterocycles. The largest absolute Gasteiger partial charge is 0.508 e. The molecule has 0 bridgehead atoms. The van der Waals surface area contributed by atoms with Crippen LogP contribution in [0.15, 0.2) is 24.3 Å². The van der Waals surface area contributed by atoms with Crippen LogP contribution in [-0.2, 0) is 0 Å². The first kappa shape index (κ1) is 12.4. The Kier molecular flexibility index (Phi) is 4.02. The molecule has 3 heteroatoms. The minimum Gasteiger partial charge on any atom is -0.508 e. The molecule has 3 nitrogen and oxygen atoms in total. The number of hydrogen-bond donors (Lipinski definition) is 2. The van der Waals surface area contributed by atoms with E-state index in [1.165, 1.54) is 12.8 Å². The number of nitrogens with zero attached hydrogens (tertiary/aromatic N) is 1. The van der Waals surface area contributed by atoms with Gasteiger partial charge in [0.2, 0.25) is 0 Å². The molecule has 17 heavy (non-hydrogen) atoms. The van der Waals surface area contributed by atoms with Crippen molar-refractivity contribution < 1.29 is 10.2 Å². The number of aromatic hydroxyl groups is 1. The lowest BCUT2D eigenvalue weighted by molar-refractivity contribution is 0.0916. The van der Waals surface area contributed by atoms with Gasteiger partial charge in [0, 0.05) is 6.54 Å². The molecule has 1 aliphatic rings. The van der Waals surface area contributed by atoms with E-state index in [9.17, 15) is 10.2 Å². The topological polar surface area (TPSA) is 43.7 Å². The van der Waals surface area contributed by atoms with Crippen LogP contribution in [-0.4, -0.2) is 34.7 Å². The highest BCUT2D eigenvalue weighted by molar-refractivity contribution is 5.27. The van der Waals surface area contributed by atoms with Crippen LogP contribution >= 0.6 is 0 Å². The lowest BCUT2D eigenvalue weighted by Crippen LogP contribution is -2.35. The van der Waals surface area contributed by atoms with Crippen LogP contribution in [0.25, 0.3) is 0 Å².